The predicted octanol–water partition coefficient (Wildman–Crippen LogP) is 4.02. The predicted molar refractivity (Wildman–Crippen MR) is 55.1 cm³/mol. The number of rotatable bonds is 0. The maximum Gasteiger partial charge on any atom is -0.0322 e. The highest BCUT2D eigenvalue weighted by molar-refractivity contribution is 4.86. The highest BCUT2D eigenvalue weighted by Gasteiger charge is 2.15. The average molecular weight is 166 g/mol. The first-order chi connectivity index (χ1) is 5.70. The number of hydrogen-bond donors (Lipinski definition) is 0. The Labute approximate surface area is 77.1 Å². The van der Waals surface area contributed by atoms with Crippen LogP contribution in [0.1, 0.15) is 46.5 Å². The van der Waals surface area contributed by atoms with E-state index in [-0.39, 0.29) is 0 Å². The smallest absolute Gasteiger partial charge is 0.0322 e. The molecule has 70 valence electrons. The molecule has 12 heavy (non-hydrogen) atoms. The lowest BCUT2D eigenvalue weighted by molar-refractivity contribution is 0.311. The second-order valence-electron chi connectivity index (χ2n) is 4.58. The zero-order valence-corrected chi connectivity index (χ0v) is 8.72. The van der Waals surface area contributed by atoms with Crippen molar-refractivity contribution in [1.29, 1.82) is 0 Å². The van der Waals surface area contributed by atoms with Crippen LogP contribution in [0.4, 0.5) is 0 Å². The van der Waals surface area contributed by atoms with Crippen LogP contribution in [0, 0.1) is 17.8 Å². The third kappa shape index (κ3) is 3.00. The second kappa shape index (κ2) is 4.69. The maximum absolute atomic E-state index is 2.40. The number of hydrogen-bond acceptors (Lipinski definition) is 0. The van der Waals surface area contributed by atoms with E-state index in [0.717, 1.165) is 17.8 Å². The Kier molecular flexibility index (Phi) is 3.84. The Morgan fingerprint density at radius 2 is 1.75 bits per heavy atom. The van der Waals surface area contributed by atoms with Crippen molar-refractivity contribution in [3.8, 4) is 0 Å². The zero-order chi connectivity index (χ0) is 8.97. The molecule has 0 aliphatic heterocycles. The van der Waals surface area contributed by atoms with Gasteiger partial charge in [0.2, 0.25) is 0 Å². The average Bonchev–Trinajstić information content (AvgIpc) is 2.07. The molecule has 0 N–H and O–H groups in total. The van der Waals surface area contributed by atoms with E-state index < -0.39 is 0 Å². The van der Waals surface area contributed by atoms with Crippen molar-refractivity contribution in [1.82, 2.24) is 0 Å². The summed E-state index contributed by atoms with van der Waals surface area (Å²) >= 11 is 0. The summed E-state index contributed by atoms with van der Waals surface area (Å²) in [6, 6.07) is 0. The Morgan fingerprint density at radius 3 is 2.50 bits per heavy atom. The molecule has 0 bridgehead atoms. The standard InChI is InChI=1S/C12H22/c1-10-7-5-4-6-8-11(2)12(3)9-10/h4,6,10-12H,5,7-9H2,1-3H3. The Balaban J connectivity index is 2.50. The molecule has 0 amide bonds. The summed E-state index contributed by atoms with van der Waals surface area (Å²) in [5.41, 5.74) is 0. The van der Waals surface area contributed by atoms with E-state index in [2.05, 4.69) is 32.9 Å². The SMILES string of the molecule is CC1CCC=CCC(C)C(C)C1. The Morgan fingerprint density at radius 1 is 1.00 bits per heavy atom. The van der Waals surface area contributed by atoms with Crippen molar-refractivity contribution in [2.24, 2.45) is 17.8 Å². The lowest BCUT2D eigenvalue weighted by Crippen LogP contribution is -2.10. The van der Waals surface area contributed by atoms with Crippen LogP contribution in [-0.2, 0) is 0 Å². The van der Waals surface area contributed by atoms with Gasteiger partial charge in [0.05, 0.1) is 0 Å². The van der Waals surface area contributed by atoms with Gasteiger partial charge in [0.25, 0.3) is 0 Å². The monoisotopic (exact) mass is 166 g/mol. The minimum atomic E-state index is 0.877. The Bertz CT molecular complexity index is 146. The van der Waals surface area contributed by atoms with E-state index in [9.17, 15) is 0 Å². The van der Waals surface area contributed by atoms with Gasteiger partial charge in [0.1, 0.15) is 0 Å². The molecule has 1 aliphatic rings. The lowest BCUT2D eigenvalue weighted by atomic mass is 9.85. The minimum Gasteiger partial charge on any atom is -0.0885 e. The topological polar surface area (TPSA) is 0 Å². The van der Waals surface area contributed by atoms with Gasteiger partial charge in [-0.15, -0.1) is 0 Å². The molecule has 0 aromatic rings. The molecule has 0 heteroatoms. The third-order valence-electron chi connectivity index (χ3n) is 3.25. The highest BCUT2D eigenvalue weighted by Crippen LogP contribution is 2.26. The maximum atomic E-state index is 2.40. The minimum absolute atomic E-state index is 0.877. The molecule has 3 atom stereocenters. The molecular formula is C12H22. The van der Waals surface area contributed by atoms with Crippen molar-refractivity contribution in [3.63, 3.8) is 0 Å². The van der Waals surface area contributed by atoms with E-state index >= 15 is 0 Å². The quantitative estimate of drug-likeness (QED) is 0.477. The normalized spacial score (nSPS) is 38.4. The van der Waals surface area contributed by atoms with Gasteiger partial charge in [-0.25, -0.2) is 0 Å². The molecule has 1 rings (SSSR count). The van der Waals surface area contributed by atoms with Crippen LogP contribution in [-0.4, -0.2) is 0 Å². The van der Waals surface area contributed by atoms with Gasteiger partial charge in [-0.05, 0) is 43.4 Å². The van der Waals surface area contributed by atoms with Gasteiger partial charge in [-0.1, -0.05) is 32.9 Å². The van der Waals surface area contributed by atoms with E-state index in [4.69, 9.17) is 0 Å². The van der Waals surface area contributed by atoms with Gasteiger partial charge in [0.15, 0.2) is 0 Å². The fourth-order valence-electron chi connectivity index (χ4n) is 2.03. The van der Waals surface area contributed by atoms with Crippen LogP contribution in [0.25, 0.3) is 0 Å². The zero-order valence-electron chi connectivity index (χ0n) is 8.72. The van der Waals surface area contributed by atoms with E-state index in [1.165, 1.54) is 25.7 Å². The molecule has 0 saturated heterocycles. The molecule has 1 aliphatic carbocycles. The molecule has 0 heterocycles. The third-order valence-corrected chi connectivity index (χ3v) is 3.25. The van der Waals surface area contributed by atoms with Gasteiger partial charge >= 0.3 is 0 Å². The summed E-state index contributed by atoms with van der Waals surface area (Å²) in [6.45, 7) is 7.18. The van der Waals surface area contributed by atoms with Crippen LogP contribution in [0.2, 0.25) is 0 Å². The molecule has 0 spiro atoms. The molecule has 3 unspecified atom stereocenters. The van der Waals surface area contributed by atoms with Crippen LogP contribution in [0.3, 0.4) is 0 Å². The summed E-state index contributed by atoms with van der Waals surface area (Å²) in [4.78, 5) is 0. The first-order valence-corrected chi connectivity index (χ1v) is 5.35. The van der Waals surface area contributed by atoms with Crippen molar-refractivity contribution in [2.75, 3.05) is 0 Å². The first kappa shape index (κ1) is 9.83. The fourth-order valence-corrected chi connectivity index (χ4v) is 2.03. The fraction of sp³-hybridized carbons (Fsp3) is 0.833. The summed E-state index contributed by atoms with van der Waals surface area (Å²) < 4.78 is 0. The molecule has 0 fully saturated rings. The second-order valence-corrected chi connectivity index (χ2v) is 4.58. The highest BCUT2D eigenvalue weighted by atomic mass is 14.2. The van der Waals surface area contributed by atoms with Gasteiger partial charge < -0.3 is 0 Å². The lowest BCUT2D eigenvalue weighted by Gasteiger charge is -2.20. The number of allylic oxidation sites excluding steroid dienone is 2. The van der Waals surface area contributed by atoms with Gasteiger partial charge in [-0.2, -0.15) is 0 Å². The summed E-state index contributed by atoms with van der Waals surface area (Å²) in [7, 11) is 0. The summed E-state index contributed by atoms with van der Waals surface area (Å²) in [6.07, 6.45) is 10.1. The summed E-state index contributed by atoms with van der Waals surface area (Å²) in [5, 5.41) is 0. The van der Waals surface area contributed by atoms with E-state index in [1.807, 2.05) is 0 Å². The van der Waals surface area contributed by atoms with Crippen molar-refractivity contribution in [3.05, 3.63) is 12.2 Å². The molecular weight excluding hydrogens is 144 g/mol. The van der Waals surface area contributed by atoms with Crippen LogP contribution in [0.5, 0.6) is 0 Å². The van der Waals surface area contributed by atoms with Gasteiger partial charge in [0, 0.05) is 0 Å². The molecule has 0 aromatic heterocycles. The summed E-state index contributed by atoms with van der Waals surface area (Å²) in [5.74, 6) is 2.70. The molecule has 0 nitrogen and oxygen atoms in total. The molecule has 0 radical (unpaired) electrons. The first-order valence-electron chi connectivity index (χ1n) is 5.35. The van der Waals surface area contributed by atoms with Crippen LogP contribution >= 0.6 is 0 Å². The van der Waals surface area contributed by atoms with E-state index in [0.29, 0.717) is 0 Å². The van der Waals surface area contributed by atoms with Crippen molar-refractivity contribution in [2.45, 2.75) is 46.5 Å². The van der Waals surface area contributed by atoms with Crippen LogP contribution in [0.15, 0.2) is 12.2 Å². The molecule has 0 aromatic carbocycles. The Hall–Kier alpha value is -0.260. The molecule has 0 saturated carbocycles. The van der Waals surface area contributed by atoms with Crippen molar-refractivity contribution >= 4 is 0 Å². The largest absolute Gasteiger partial charge is 0.0885 e. The van der Waals surface area contributed by atoms with Crippen LogP contribution < -0.4 is 0 Å². The van der Waals surface area contributed by atoms with Gasteiger partial charge in [-0.3, -0.25) is 0 Å². The van der Waals surface area contributed by atoms with E-state index in [1.54, 1.807) is 0 Å². The van der Waals surface area contributed by atoms with Crippen molar-refractivity contribution < 1.29 is 0 Å².